The van der Waals surface area contributed by atoms with E-state index in [4.69, 9.17) is 15.8 Å². The van der Waals surface area contributed by atoms with E-state index in [1.54, 1.807) is 0 Å². The van der Waals surface area contributed by atoms with E-state index in [2.05, 4.69) is 25.4 Å². The minimum absolute atomic E-state index is 0.355. The average molecular weight is 250 g/mol. The molecule has 1 saturated heterocycles. The minimum Gasteiger partial charge on any atom is -0.328 e. The van der Waals surface area contributed by atoms with Crippen LogP contribution in [0.3, 0.4) is 0 Å². The quantitative estimate of drug-likeness (QED) is 0.648. The van der Waals surface area contributed by atoms with Crippen molar-refractivity contribution in [2.45, 2.75) is 64.6 Å². The number of hydrogen-bond acceptors (Lipinski definition) is 2. The van der Waals surface area contributed by atoms with Gasteiger partial charge in [0.05, 0.1) is 6.10 Å². The maximum absolute atomic E-state index is 6.36. The molecular formula is C11H21ClNOP. The first-order valence-corrected chi connectivity index (χ1v) is 8.14. The zero-order valence-corrected chi connectivity index (χ0v) is 11.5. The monoisotopic (exact) mass is 249 g/mol. The van der Waals surface area contributed by atoms with Gasteiger partial charge in [-0.3, -0.25) is 0 Å². The fourth-order valence-corrected chi connectivity index (χ4v) is 5.63. The Morgan fingerprint density at radius 2 is 2.00 bits per heavy atom. The van der Waals surface area contributed by atoms with Gasteiger partial charge >= 0.3 is 0 Å². The van der Waals surface area contributed by atoms with Crippen LogP contribution in [-0.2, 0) is 4.52 Å². The molecule has 3 unspecified atom stereocenters. The van der Waals surface area contributed by atoms with Gasteiger partial charge in [-0.2, -0.15) is 0 Å². The zero-order valence-electron chi connectivity index (χ0n) is 9.82. The maximum atomic E-state index is 6.36. The third kappa shape index (κ3) is 2.34. The predicted octanol–water partition coefficient (Wildman–Crippen LogP) is 4.14. The van der Waals surface area contributed by atoms with Crippen LogP contribution in [0.15, 0.2) is 0 Å². The molecule has 2 aliphatic rings. The van der Waals surface area contributed by atoms with Crippen molar-refractivity contribution >= 4 is 18.9 Å². The van der Waals surface area contributed by atoms with Gasteiger partial charge in [-0.1, -0.05) is 12.8 Å². The van der Waals surface area contributed by atoms with Crippen LogP contribution in [0.2, 0.25) is 0 Å². The first-order chi connectivity index (χ1) is 7.11. The largest absolute Gasteiger partial charge is 0.328 e. The summed E-state index contributed by atoms with van der Waals surface area (Å²) in [4.78, 5) is 0. The summed E-state index contributed by atoms with van der Waals surface area (Å²) in [6.07, 6.45) is 5.70. The molecule has 4 heteroatoms. The van der Waals surface area contributed by atoms with Crippen molar-refractivity contribution in [2.24, 2.45) is 5.92 Å². The summed E-state index contributed by atoms with van der Waals surface area (Å²) in [5.41, 5.74) is 0. The molecule has 0 aromatic carbocycles. The van der Waals surface area contributed by atoms with Crippen molar-refractivity contribution in [1.29, 1.82) is 0 Å². The highest BCUT2D eigenvalue weighted by molar-refractivity contribution is 7.78. The summed E-state index contributed by atoms with van der Waals surface area (Å²) in [6, 6.07) is 1.18. The Morgan fingerprint density at radius 3 is 2.67 bits per heavy atom. The third-order valence-corrected chi connectivity index (χ3v) is 6.08. The van der Waals surface area contributed by atoms with Gasteiger partial charge in [-0.05, 0) is 44.9 Å². The molecular weight excluding hydrogens is 229 g/mol. The molecule has 1 aliphatic carbocycles. The summed E-state index contributed by atoms with van der Waals surface area (Å²) in [7, 11) is -0.872. The molecule has 0 aromatic heterocycles. The average Bonchev–Trinajstić information content (AvgIpc) is 2.17. The van der Waals surface area contributed by atoms with Gasteiger partial charge in [0.1, 0.15) is 0 Å². The number of nitrogens with zero attached hydrogens (tertiary/aromatic N) is 1. The Balaban J connectivity index is 2.15. The van der Waals surface area contributed by atoms with E-state index < -0.39 is 7.65 Å². The van der Waals surface area contributed by atoms with E-state index >= 15 is 0 Å². The molecule has 0 bridgehead atoms. The van der Waals surface area contributed by atoms with Crippen molar-refractivity contribution in [3.63, 3.8) is 0 Å². The molecule has 1 heterocycles. The van der Waals surface area contributed by atoms with Crippen LogP contribution in [-0.4, -0.2) is 22.9 Å². The lowest BCUT2D eigenvalue weighted by Crippen LogP contribution is -2.50. The Morgan fingerprint density at radius 1 is 1.33 bits per heavy atom. The molecule has 1 aliphatic heterocycles. The van der Waals surface area contributed by atoms with Crippen molar-refractivity contribution in [1.82, 2.24) is 4.67 Å². The summed E-state index contributed by atoms with van der Waals surface area (Å²) >= 11 is 6.36. The second-order valence-corrected chi connectivity index (χ2v) is 7.02. The first-order valence-electron chi connectivity index (χ1n) is 6.02. The summed E-state index contributed by atoms with van der Waals surface area (Å²) in [5.74, 6) is 0.707. The van der Waals surface area contributed by atoms with Gasteiger partial charge < -0.3 is 4.52 Å². The van der Waals surface area contributed by atoms with E-state index in [0.717, 1.165) is 0 Å². The molecule has 1 saturated carbocycles. The topological polar surface area (TPSA) is 12.5 Å². The van der Waals surface area contributed by atoms with Gasteiger partial charge in [0.25, 0.3) is 0 Å². The summed E-state index contributed by atoms with van der Waals surface area (Å²) in [6.45, 7) is 6.64. The van der Waals surface area contributed by atoms with E-state index in [1.165, 1.54) is 25.7 Å². The van der Waals surface area contributed by atoms with Crippen LogP contribution in [0.25, 0.3) is 0 Å². The molecule has 2 rings (SSSR count). The van der Waals surface area contributed by atoms with Crippen LogP contribution in [0.1, 0.15) is 46.5 Å². The molecule has 2 fully saturated rings. The highest BCUT2D eigenvalue weighted by atomic mass is 35.7. The lowest BCUT2D eigenvalue weighted by atomic mass is 9.81. The third-order valence-electron chi connectivity index (χ3n) is 3.69. The van der Waals surface area contributed by atoms with Gasteiger partial charge in [-0.25, -0.2) is 4.67 Å². The Bertz CT molecular complexity index is 227. The van der Waals surface area contributed by atoms with E-state index in [9.17, 15) is 0 Å². The molecule has 0 amide bonds. The molecule has 2 nitrogen and oxygen atoms in total. The number of halogens is 1. The maximum Gasteiger partial charge on any atom is 0.207 e. The fraction of sp³-hybridized carbons (Fsp3) is 1.00. The van der Waals surface area contributed by atoms with Crippen LogP contribution >= 0.6 is 18.9 Å². The van der Waals surface area contributed by atoms with E-state index in [0.29, 0.717) is 24.1 Å². The summed E-state index contributed by atoms with van der Waals surface area (Å²) < 4.78 is 8.30. The fourth-order valence-electron chi connectivity index (χ4n) is 2.97. The Labute approximate surface area is 99.0 Å². The number of fused-ring (bicyclic) bond motifs is 1. The number of rotatable bonds is 1. The zero-order chi connectivity index (χ0) is 11.0. The molecule has 0 spiro atoms. The van der Waals surface area contributed by atoms with Crippen molar-refractivity contribution in [3.05, 3.63) is 0 Å². The van der Waals surface area contributed by atoms with Gasteiger partial charge in [0, 0.05) is 18.0 Å². The Kier molecular flexibility index (Phi) is 3.93. The summed E-state index contributed by atoms with van der Waals surface area (Å²) in [5, 5.41) is 0. The van der Waals surface area contributed by atoms with Gasteiger partial charge in [0.15, 0.2) is 0 Å². The van der Waals surface area contributed by atoms with E-state index in [-0.39, 0.29) is 0 Å². The standard InChI is InChI=1S/C11H21ClNOP/c1-8(2)13-11-7-5-4-6-10(11)9(3)14-15(13)12/h8-11H,4-7H2,1-3H3/t9?,10?,11-,15?/m0/s1. The molecule has 0 aromatic rings. The van der Waals surface area contributed by atoms with Crippen molar-refractivity contribution in [2.75, 3.05) is 0 Å². The smallest absolute Gasteiger partial charge is 0.207 e. The van der Waals surface area contributed by atoms with Crippen molar-refractivity contribution in [3.8, 4) is 0 Å². The molecule has 88 valence electrons. The van der Waals surface area contributed by atoms with Crippen LogP contribution < -0.4 is 0 Å². The minimum atomic E-state index is -0.872. The SMILES string of the molecule is CC1OP(Cl)N(C(C)C)[C@H]2CCCCC12. The van der Waals surface area contributed by atoms with Crippen LogP contribution in [0, 0.1) is 5.92 Å². The number of hydrogen-bond donors (Lipinski definition) is 0. The Hall–Kier alpha value is 0.640. The molecule has 0 radical (unpaired) electrons. The lowest BCUT2D eigenvalue weighted by molar-refractivity contribution is 0.0240. The normalized spacial score (nSPS) is 43.0. The highest BCUT2D eigenvalue weighted by Crippen LogP contribution is 2.58. The molecule has 0 N–H and O–H groups in total. The molecule has 4 atom stereocenters. The van der Waals surface area contributed by atoms with Crippen molar-refractivity contribution < 1.29 is 4.52 Å². The molecule has 15 heavy (non-hydrogen) atoms. The second kappa shape index (κ2) is 4.87. The van der Waals surface area contributed by atoms with E-state index in [1.807, 2.05) is 0 Å². The predicted molar refractivity (Wildman–Crippen MR) is 66.0 cm³/mol. The van der Waals surface area contributed by atoms with Crippen LogP contribution in [0.5, 0.6) is 0 Å². The second-order valence-electron chi connectivity index (χ2n) is 5.03. The van der Waals surface area contributed by atoms with Gasteiger partial charge in [0.2, 0.25) is 7.65 Å². The van der Waals surface area contributed by atoms with Gasteiger partial charge in [-0.15, -0.1) is 0 Å². The first kappa shape index (κ1) is 12.1. The lowest BCUT2D eigenvalue weighted by Gasteiger charge is -2.50. The highest BCUT2D eigenvalue weighted by Gasteiger charge is 2.43. The van der Waals surface area contributed by atoms with Crippen LogP contribution in [0.4, 0.5) is 0 Å².